The van der Waals surface area contributed by atoms with Crippen molar-refractivity contribution in [1.29, 1.82) is 0 Å². The van der Waals surface area contributed by atoms with Crippen LogP contribution in [0.2, 0.25) is 0 Å². The highest BCUT2D eigenvalue weighted by molar-refractivity contribution is 4.22. The minimum Gasteiger partial charge on any atom is -0.444 e. The molecule has 11 heavy (non-hydrogen) atoms. The van der Waals surface area contributed by atoms with Gasteiger partial charge in [0, 0.05) is 0 Å². The van der Waals surface area contributed by atoms with Crippen molar-refractivity contribution in [1.82, 2.24) is 6.15 Å². The van der Waals surface area contributed by atoms with Crippen molar-refractivity contribution in [3.05, 3.63) is 30.3 Å². The van der Waals surface area contributed by atoms with Crippen LogP contribution in [0.3, 0.4) is 0 Å². The van der Waals surface area contributed by atoms with Crippen LogP contribution in [0.4, 0.5) is 0 Å². The molecule has 0 aliphatic carbocycles. The van der Waals surface area contributed by atoms with Crippen LogP contribution < -0.4 is 6.15 Å². The Morgan fingerprint density at radius 1 is 0.727 bits per heavy atom. The number of rotatable bonds is 0. The Morgan fingerprint density at radius 2 is 0.727 bits per heavy atom. The maximum Gasteiger partial charge on any atom is 3.00 e. The summed E-state index contributed by atoms with van der Waals surface area (Å²) >= 11 is 0. The minimum atomic E-state index is 0. The lowest BCUT2D eigenvalue weighted by molar-refractivity contribution is 0.824. The van der Waals surface area contributed by atoms with E-state index >= 15 is 0 Å². The second-order valence-electron chi connectivity index (χ2n) is 0.224. The van der Waals surface area contributed by atoms with E-state index in [9.17, 15) is 0 Å². The van der Waals surface area contributed by atoms with Gasteiger partial charge in [-0.2, -0.15) is 0 Å². The first-order chi connectivity index (χ1) is 4.24. The lowest BCUT2D eigenvalue weighted by atomic mass is 13.4. The minimum absolute atomic E-state index is 0. The number of hydrogen-bond donors (Lipinski definition) is 0. The predicted molar refractivity (Wildman–Crippen MR) is 33.2 cm³/mol. The summed E-state index contributed by atoms with van der Waals surface area (Å²) in [4.78, 5) is 24.0. The molecule has 2 N–H and O–H groups in total. The monoisotopic (exact) mass is 170 g/mol. The third kappa shape index (κ3) is 59.8. The highest BCUT2D eigenvalue weighted by Crippen LogP contribution is 1.34. The molecule has 0 aliphatic rings. The van der Waals surface area contributed by atoms with E-state index < -0.39 is 0 Å². The summed E-state index contributed by atoms with van der Waals surface area (Å²) in [5.74, 6) is 0. The van der Waals surface area contributed by atoms with Crippen LogP contribution in [-0.2, 0) is 0 Å². The SMILES string of the molecule is O.O=N[O-].O=N[O-].O=N[O-].[N+3]. The summed E-state index contributed by atoms with van der Waals surface area (Å²) < 4.78 is 0. The number of hydrogen-bond acceptors (Lipinski definition) is 9. The first-order valence-electron chi connectivity index (χ1n) is 1.10. The zero-order chi connectivity index (χ0) is 8.12. The summed E-state index contributed by atoms with van der Waals surface area (Å²) in [5, 5.41) is 27.0. The number of nitrogens with zero attached hydrogens (tertiary/aromatic N) is 4. The molecule has 0 aliphatic heterocycles. The molecule has 0 atom stereocenters. The fourth-order valence-electron chi connectivity index (χ4n) is 0. The van der Waals surface area contributed by atoms with Gasteiger partial charge in [0.05, 0.1) is 0 Å². The smallest absolute Gasteiger partial charge is 0.444 e. The zero-order valence-electron chi connectivity index (χ0n) is 4.74. The third-order valence-electron chi connectivity index (χ3n) is 0. The van der Waals surface area contributed by atoms with Crippen molar-refractivity contribution < 1.29 is 5.48 Å². The first kappa shape index (κ1) is 36.7. The largest absolute Gasteiger partial charge is 3.00 e. The van der Waals surface area contributed by atoms with E-state index in [0.29, 0.717) is 0 Å². The highest BCUT2D eigenvalue weighted by Gasteiger charge is 3.00. The van der Waals surface area contributed by atoms with Gasteiger partial charge in [0.25, 0.3) is 0 Å². The molecule has 0 saturated carbocycles. The molecule has 0 fully saturated rings. The second-order valence-corrected chi connectivity index (χ2v) is 0.224. The van der Waals surface area contributed by atoms with Crippen LogP contribution in [-0.4, -0.2) is 5.48 Å². The Labute approximate surface area is 59.3 Å². The standard InChI is InChI=1S/3HNO2.N.H2O/c3*2-1-3;;/h3*(H,2,3);;1H2/q;;;+3;/p-3. The second kappa shape index (κ2) is 491. The molecule has 0 rings (SSSR count). The van der Waals surface area contributed by atoms with Gasteiger partial charge in [-0.1, -0.05) is 0 Å². The summed E-state index contributed by atoms with van der Waals surface area (Å²) in [7, 11) is 0. The lowest BCUT2D eigenvalue weighted by Gasteiger charge is -1.51. The summed E-state index contributed by atoms with van der Waals surface area (Å²) in [5.41, 5.74) is 0. The summed E-state index contributed by atoms with van der Waals surface area (Å²) in [6.45, 7) is 0. The zero-order valence-corrected chi connectivity index (χ0v) is 4.74. The first-order valence-corrected chi connectivity index (χ1v) is 1.10. The van der Waals surface area contributed by atoms with Crippen molar-refractivity contribution in [2.75, 3.05) is 0 Å². The molecule has 0 spiro atoms. The van der Waals surface area contributed by atoms with Gasteiger partial charge in [0.1, 0.15) is 0 Å². The van der Waals surface area contributed by atoms with Gasteiger partial charge < -0.3 is 35.8 Å². The average molecular weight is 170 g/mol. The van der Waals surface area contributed by atoms with E-state index in [4.69, 9.17) is 30.3 Å². The van der Waals surface area contributed by atoms with Gasteiger partial charge >= 0.3 is 6.15 Å². The lowest BCUT2D eigenvalue weighted by Crippen LogP contribution is -1.12. The van der Waals surface area contributed by atoms with E-state index in [1.54, 1.807) is 0 Å². The molecular formula is H2N4O7. The van der Waals surface area contributed by atoms with Crippen LogP contribution in [0.5, 0.6) is 0 Å². The molecule has 0 aromatic carbocycles. The van der Waals surface area contributed by atoms with Crippen LogP contribution in [0, 0.1) is 30.3 Å². The van der Waals surface area contributed by atoms with Gasteiger partial charge in [-0.25, -0.2) is 0 Å². The fraction of sp³-hybridized carbons (Fsp3) is 0. The Balaban J connectivity index is -0.0000000150. The molecule has 0 bridgehead atoms. The maximum absolute atomic E-state index is 8.00. The predicted octanol–water partition coefficient (Wildman–Crippen LogP) is -0.553. The van der Waals surface area contributed by atoms with Crippen molar-refractivity contribution in [3.63, 3.8) is 0 Å². The molecule has 0 amide bonds. The molecule has 64 valence electrons. The molecule has 0 heterocycles. The third-order valence-corrected chi connectivity index (χ3v) is 0. The quantitative estimate of drug-likeness (QED) is 0.342. The Hall–Kier alpha value is -2.13. The molecule has 0 aromatic heterocycles. The van der Waals surface area contributed by atoms with Gasteiger partial charge in [-0.05, 0) is 0 Å². The molecule has 11 heteroatoms. The molecule has 0 unspecified atom stereocenters. The Morgan fingerprint density at radius 3 is 0.727 bits per heavy atom. The highest BCUT2D eigenvalue weighted by atomic mass is 16.6. The Bertz CT molecular complexity index is 47.2. The normalized spacial score (nSPS) is 3.27. The molecular weight excluding hydrogens is 168 g/mol. The Kier molecular flexibility index (Phi) is 1640. The van der Waals surface area contributed by atoms with E-state index in [1.807, 2.05) is 0 Å². The van der Waals surface area contributed by atoms with E-state index in [1.165, 1.54) is 0 Å². The van der Waals surface area contributed by atoms with Crippen molar-refractivity contribution in [2.45, 2.75) is 0 Å². The maximum atomic E-state index is 8.00. The average Bonchev–Trinajstić information content (AvgIpc) is 1.70. The molecule has 2 radical (unpaired) electrons. The van der Waals surface area contributed by atoms with Gasteiger partial charge in [0.15, 0.2) is 0 Å². The van der Waals surface area contributed by atoms with E-state index in [0.717, 1.165) is 16.0 Å². The van der Waals surface area contributed by atoms with Crippen molar-refractivity contribution >= 4 is 0 Å². The van der Waals surface area contributed by atoms with Gasteiger partial charge in [-0.15, -0.1) is 16.0 Å². The summed E-state index contributed by atoms with van der Waals surface area (Å²) in [6.07, 6.45) is 0. The van der Waals surface area contributed by atoms with Crippen molar-refractivity contribution in [3.8, 4) is 0 Å². The van der Waals surface area contributed by atoms with Crippen LogP contribution >= 0.6 is 0 Å². The molecule has 0 saturated heterocycles. The van der Waals surface area contributed by atoms with Crippen LogP contribution in [0.15, 0.2) is 16.0 Å². The van der Waals surface area contributed by atoms with Crippen LogP contribution in [0.1, 0.15) is 0 Å². The van der Waals surface area contributed by atoms with E-state index in [2.05, 4.69) is 0 Å². The molecule has 0 aromatic rings. The topological polar surface area (TPSA) is 219 Å². The van der Waals surface area contributed by atoms with Crippen LogP contribution in [0.25, 0.3) is 0 Å². The fourth-order valence-corrected chi connectivity index (χ4v) is 0. The summed E-state index contributed by atoms with van der Waals surface area (Å²) in [6, 6.07) is 0. The van der Waals surface area contributed by atoms with Crippen molar-refractivity contribution in [2.24, 2.45) is 16.0 Å². The van der Waals surface area contributed by atoms with Gasteiger partial charge in [-0.3, -0.25) is 0 Å². The van der Waals surface area contributed by atoms with E-state index in [-0.39, 0.29) is 11.6 Å². The van der Waals surface area contributed by atoms with Gasteiger partial charge in [0.2, 0.25) is 0 Å². The molecule has 11 nitrogen and oxygen atoms in total.